The molecule has 1 fully saturated rings. The van der Waals surface area contributed by atoms with Crippen LogP contribution in [0.3, 0.4) is 0 Å². The molecule has 22 heavy (non-hydrogen) atoms. The Balaban J connectivity index is 1.80. The van der Waals surface area contributed by atoms with Crippen LogP contribution in [0.2, 0.25) is 0 Å². The lowest BCUT2D eigenvalue weighted by Crippen LogP contribution is -2.31. The molecule has 2 heterocycles. The Labute approximate surface area is 128 Å². The molecule has 2 N–H and O–H groups in total. The largest absolute Gasteiger partial charge is 0.424 e. The highest BCUT2D eigenvalue weighted by molar-refractivity contribution is 5.39. The molecule has 0 bridgehead atoms. The first-order valence-corrected chi connectivity index (χ1v) is 7.19. The second-order valence-corrected chi connectivity index (χ2v) is 5.06. The van der Waals surface area contributed by atoms with Gasteiger partial charge in [-0.2, -0.15) is 20.2 Å². The summed E-state index contributed by atoms with van der Waals surface area (Å²) in [5, 5.41) is 8.79. The molecular formula is C15H16N6O. The number of anilines is 2. The SMILES string of the molecule is N#Cc1ccc(Oc2nc(N)nc(N3CCCCC3)n2)cc1. The smallest absolute Gasteiger partial charge is 0.328 e. The molecule has 0 unspecified atom stereocenters. The van der Waals surface area contributed by atoms with Gasteiger partial charge in [-0.15, -0.1) is 0 Å². The number of rotatable bonds is 3. The van der Waals surface area contributed by atoms with Crippen LogP contribution >= 0.6 is 0 Å². The molecule has 0 spiro atoms. The first-order chi connectivity index (χ1) is 10.7. The maximum atomic E-state index is 8.79. The zero-order valence-electron chi connectivity index (χ0n) is 12.1. The average Bonchev–Trinajstić information content (AvgIpc) is 2.56. The van der Waals surface area contributed by atoms with Crippen LogP contribution in [0.25, 0.3) is 0 Å². The molecule has 0 radical (unpaired) electrons. The molecule has 7 nitrogen and oxygen atoms in total. The molecular weight excluding hydrogens is 280 g/mol. The van der Waals surface area contributed by atoms with Crippen LogP contribution in [0.15, 0.2) is 24.3 Å². The Morgan fingerprint density at radius 3 is 2.45 bits per heavy atom. The lowest BCUT2D eigenvalue weighted by atomic mass is 10.1. The summed E-state index contributed by atoms with van der Waals surface area (Å²) in [6.07, 6.45) is 3.47. The van der Waals surface area contributed by atoms with E-state index in [1.54, 1.807) is 24.3 Å². The van der Waals surface area contributed by atoms with Gasteiger partial charge in [-0.1, -0.05) is 0 Å². The lowest BCUT2D eigenvalue weighted by Gasteiger charge is -2.26. The van der Waals surface area contributed by atoms with Gasteiger partial charge in [0, 0.05) is 13.1 Å². The van der Waals surface area contributed by atoms with Gasteiger partial charge in [-0.3, -0.25) is 0 Å². The second kappa shape index (κ2) is 6.26. The molecule has 3 rings (SSSR count). The molecule has 1 aromatic heterocycles. The van der Waals surface area contributed by atoms with Gasteiger partial charge in [0.05, 0.1) is 11.6 Å². The first kappa shape index (κ1) is 14.1. The number of nitriles is 1. The van der Waals surface area contributed by atoms with Crippen LogP contribution < -0.4 is 15.4 Å². The molecule has 0 aliphatic carbocycles. The number of nitrogens with zero attached hydrogens (tertiary/aromatic N) is 5. The molecule has 2 aromatic rings. The fourth-order valence-corrected chi connectivity index (χ4v) is 2.34. The summed E-state index contributed by atoms with van der Waals surface area (Å²) >= 11 is 0. The molecule has 1 aliphatic heterocycles. The van der Waals surface area contributed by atoms with Crippen molar-refractivity contribution >= 4 is 11.9 Å². The van der Waals surface area contributed by atoms with Gasteiger partial charge >= 0.3 is 6.01 Å². The van der Waals surface area contributed by atoms with Crippen molar-refractivity contribution in [2.75, 3.05) is 23.7 Å². The first-order valence-electron chi connectivity index (χ1n) is 7.19. The predicted molar refractivity (Wildman–Crippen MR) is 81.5 cm³/mol. The van der Waals surface area contributed by atoms with E-state index in [2.05, 4.69) is 25.9 Å². The number of piperidine rings is 1. The number of aromatic nitrogens is 3. The minimum atomic E-state index is 0.138. The third-order valence-electron chi connectivity index (χ3n) is 3.45. The minimum absolute atomic E-state index is 0.138. The minimum Gasteiger partial charge on any atom is -0.424 e. The summed E-state index contributed by atoms with van der Waals surface area (Å²) in [6.45, 7) is 1.83. The van der Waals surface area contributed by atoms with Crippen molar-refractivity contribution in [3.05, 3.63) is 29.8 Å². The van der Waals surface area contributed by atoms with Crippen molar-refractivity contribution in [1.82, 2.24) is 15.0 Å². The molecule has 0 atom stereocenters. The molecule has 1 aliphatic rings. The maximum Gasteiger partial charge on any atom is 0.328 e. The third kappa shape index (κ3) is 3.23. The van der Waals surface area contributed by atoms with Crippen LogP contribution in [0, 0.1) is 11.3 Å². The van der Waals surface area contributed by atoms with Gasteiger partial charge in [-0.05, 0) is 43.5 Å². The van der Waals surface area contributed by atoms with Crippen molar-refractivity contribution < 1.29 is 4.74 Å². The Bertz CT molecular complexity index is 688. The standard InChI is InChI=1S/C15H16N6O/c16-10-11-4-6-12(7-5-11)22-15-19-13(17)18-14(20-15)21-8-2-1-3-9-21/h4-7H,1-3,8-9H2,(H2,17,18,19,20). The zero-order chi connectivity index (χ0) is 15.4. The van der Waals surface area contributed by atoms with E-state index < -0.39 is 0 Å². The Kier molecular flexibility index (Phi) is 4.01. The van der Waals surface area contributed by atoms with Crippen LogP contribution in [0.5, 0.6) is 11.8 Å². The number of hydrogen-bond donors (Lipinski definition) is 1. The van der Waals surface area contributed by atoms with Crippen LogP contribution in [-0.2, 0) is 0 Å². The van der Waals surface area contributed by atoms with Crippen molar-refractivity contribution in [3.63, 3.8) is 0 Å². The van der Waals surface area contributed by atoms with Gasteiger partial charge in [0.25, 0.3) is 0 Å². The quantitative estimate of drug-likeness (QED) is 0.925. The van der Waals surface area contributed by atoms with E-state index in [1.165, 1.54) is 6.42 Å². The number of ether oxygens (including phenoxy) is 1. The summed E-state index contributed by atoms with van der Waals surface area (Å²) in [6, 6.07) is 8.95. The monoisotopic (exact) mass is 296 g/mol. The van der Waals surface area contributed by atoms with Crippen LogP contribution in [0.1, 0.15) is 24.8 Å². The molecule has 0 amide bonds. The van der Waals surface area contributed by atoms with E-state index in [-0.39, 0.29) is 12.0 Å². The van der Waals surface area contributed by atoms with E-state index in [0.29, 0.717) is 17.3 Å². The molecule has 1 aromatic carbocycles. The zero-order valence-corrected chi connectivity index (χ0v) is 12.1. The predicted octanol–water partition coefficient (Wildman–Crippen LogP) is 2.11. The summed E-state index contributed by atoms with van der Waals surface area (Å²) in [5.41, 5.74) is 6.32. The summed E-state index contributed by atoms with van der Waals surface area (Å²) in [7, 11) is 0. The van der Waals surface area contributed by atoms with E-state index in [4.69, 9.17) is 15.7 Å². The van der Waals surface area contributed by atoms with Gasteiger partial charge in [0.1, 0.15) is 5.75 Å². The highest BCUT2D eigenvalue weighted by Crippen LogP contribution is 2.22. The highest BCUT2D eigenvalue weighted by atomic mass is 16.5. The molecule has 1 saturated heterocycles. The molecule has 0 saturated carbocycles. The van der Waals surface area contributed by atoms with Crippen LogP contribution in [0.4, 0.5) is 11.9 Å². The normalized spacial score (nSPS) is 14.4. The van der Waals surface area contributed by atoms with Gasteiger partial charge in [0.2, 0.25) is 11.9 Å². The summed E-state index contributed by atoms with van der Waals surface area (Å²) < 4.78 is 5.61. The maximum absolute atomic E-state index is 8.79. The van der Waals surface area contributed by atoms with E-state index in [0.717, 1.165) is 25.9 Å². The van der Waals surface area contributed by atoms with Crippen LogP contribution in [-0.4, -0.2) is 28.0 Å². The molecule has 7 heteroatoms. The summed E-state index contributed by atoms with van der Waals surface area (Å²) in [4.78, 5) is 14.6. The molecule has 112 valence electrons. The van der Waals surface area contributed by atoms with E-state index in [1.807, 2.05) is 0 Å². The van der Waals surface area contributed by atoms with E-state index >= 15 is 0 Å². The Hall–Kier alpha value is -2.88. The number of hydrogen-bond acceptors (Lipinski definition) is 7. The Morgan fingerprint density at radius 2 is 1.77 bits per heavy atom. The fraction of sp³-hybridized carbons (Fsp3) is 0.333. The fourth-order valence-electron chi connectivity index (χ4n) is 2.34. The Morgan fingerprint density at radius 1 is 1.05 bits per heavy atom. The van der Waals surface area contributed by atoms with Crippen molar-refractivity contribution in [2.24, 2.45) is 0 Å². The van der Waals surface area contributed by atoms with Gasteiger partial charge in [-0.25, -0.2) is 0 Å². The van der Waals surface area contributed by atoms with Crippen molar-refractivity contribution in [1.29, 1.82) is 5.26 Å². The van der Waals surface area contributed by atoms with Crippen molar-refractivity contribution in [3.8, 4) is 17.8 Å². The second-order valence-electron chi connectivity index (χ2n) is 5.06. The van der Waals surface area contributed by atoms with E-state index in [9.17, 15) is 0 Å². The number of nitrogens with two attached hydrogens (primary N) is 1. The topological polar surface area (TPSA) is 101 Å². The van der Waals surface area contributed by atoms with Gasteiger partial charge < -0.3 is 15.4 Å². The highest BCUT2D eigenvalue weighted by Gasteiger charge is 2.16. The summed E-state index contributed by atoms with van der Waals surface area (Å²) in [5.74, 6) is 1.24. The third-order valence-corrected chi connectivity index (χ3v) is 3.45. The van der Waals surface area contributed by atoms with Gasteiger partial charge in [0.15, 0.2) is 0 Å². The average molecular weight is 296 g/mol. The number of nitrogen functional groups attached to an aromatic ring is 1. The lowest BCUT2D eigenvalue weighted by molar-refractivity contribution is 0.438. The number of benzene rings is 1. The van der Waals surface area contributed by atoms with Crippen molar-refractivity contribution in [2.45, 2.75) is 19.3 Å².